The van der Waals surface area contributed by atoms with E-state index in [0.717, 1.165) is 5.56 Å². The third-order valence-corrected chi connectivity index (χ3v) is 3.86. The maximum absolute atomic E-state index is 12.1. The summed E-state index contributed by atoms with van der Waals surface area (Å²) in [5.74, 6) is 0.0995. The largest absolute Gasteiger partial charge is 0.492 e. The van der Waals surface area contributed by atoms with Gasteiger partial charge in [0.05, 0.1) is 12.3 Å². The van der Waals surface area contributed by atoms with Crippen molar-refractivity contribution in [1.82, 2.24) is 4.90 Å². The van der Waals surface area contributed by atoms with Crippen LogP contribution in [-0.2, 0) is 4.79 Å². The van der Waals surface area contributed by atoms with Gasteiger partial charge in [-0.2, -0.15) is 11.3 Å². The van der Waals surface area contributed by atoms with E-state index in [1.807, 2.05) is 23.8 Å². The summed E-state index contributed by atoms with van der Waals surface area (Å²) in [6.45, 7) is 2.29. The Labute approximate surface area is 145 Å². The molecule has 24 heavy (non-hydrogen) atoms. The van der Waals surface area contributed by atoms with E-state index in [-0.39, 0.29) is 11.8 Å². The molecule has 0 saturated heterocycles. The SMILES string of the molecule is CCOc1cc(C(=O)N(C)C)ccc1NC(=O)C=Cc1ccsc1. The third kappa shape index (κ3) is 4.70. The average Bonchev–Trinajstić information content (AvgIpc) is 3.07. The molecule has 126 valence electrons. The Morgan fingerprint density at radius 2 is 2.08 bits per heavy atom. The summed E-state index contributed by atoms with van der Waals surface area (Å²) in [7, 11) is 3.38. The third-order valence-electron chi connectivity index (χ3n) is 3.16. The maximum Gasteiger partial charge on any atom is 0.253 e. The molecule has 0 unspecified atom stereocenters. The van der Waals surface area contributed by atoms with Crippen LogP contribution in [0, 0.1) is 0 Å². The van der Waals surface area contributed by atoms with Gasteiger partial charge in [0.15, 0.2) is 0 Å². The lowest BCUT2D eigenvalue weighted by atomic mass is 10.1. The van der Waals surface area contributed by atoms with Gasteiger partial charge in [-0.05, 0) is 53.6 Å². The second-order valence-electron chi connectivity index (χ2n) is 5.22. The van der Waals surface area contributed by atoms with Crippen molar-refractivity contribution in [2.75, 3.05) is 26.0 Å². The zero-order valence-electron chi connectivity index (χ0n) is 13.9. The number of anilines is 1. The predicted octanol–water partition coefficient (Wildman–Crippen LogP) is 3.50. The Bertz CT molecular complexity index is 737. The lowest BCUT2D eigenvalue weighted by Gasteiger charge is -2.14. The minimum absolute atomic E-state index is 0.119. The molecule has 1 heterocycles. The Morgan fingerprint density at radius 1 is 1.29 bits per heavy atom. The summed E-state index contributed by atoms with van der Waals surface area (Å²) in [5, 5.41) is 6.69. The van der Waals surface area contributed by atoms with E-state index >= 15 is 0 Å². The first-order valence-corrected chi connectivity index (χ1v) is 8.45. The van der Waals surface area contributed by atoms with Gasteiger partial charge in [0.25, 0.3) is 5.91 Å². The highest BCUT2D eigenvalue weighted by Crippen LogP contribution is 2.26. The molecule has 1 aromatic heterocycles. The predicted molar refractivity (Wildman–Crippen MR) is 97.6 cm³/mol. The van der Waals surface area contributed by atoms with E-state index in [1.165, 1.54) is 11.0 Å². The summed E-state index contributed by atoms with van der Waals surface area (Å²) in [4.78, 5) is 25.6. The minimum Gasteiger partial charge on any atom is -0.492 e. The number of amides is 2. The molecule has 0 radical (unpaired) electrons. The van der Waals surface area contributed by atoms with Crippen molar-refractivity contribution in [2.24, 2.45) is 0 Å². The van der Waals surface area contributed by atoms with Crippen molar-refractivity contribution in [3.8, 4) is 5.75 Å². The highest BCUT2D eigenvalue weighted by atomic mass is 32.1. The molecule has 0 fully saturated rings. The number of ether oxygens (including phenoxy) is 1. The van der Waals surface area contributed by atoms with Crippen molar-refractivity contribution in [3.05, 3.63) is 52.2 Å². The second-order valence-corrected chi connectivity index (χ2v) is 6.00. The van der Waals surface area contributed by atoms with Crippen LogP contribution in [0.1, 0.15) is 22.8 Å². The molecular formula is C18H20N2O3S. The van der Waals surface area contributed by atoms with E-state index in [9.17, 15) is 9.59 Å². The Balaban J connectivity index is 2.16. The first-order valence-electron chi connectivity index (χ1n) is 7.51. The lowest BCUT2D eigenvalue weighted by Crippen LogP contribution is -2.21. The molecule has 2 amide bonds. The van der Waals surface area contributed by atoms with Crippen molar-refractivity contribution in [2.45, 2.75) is 6.92 Å². The molecule has 0 spiro atoms. The van der Waals surface area contributed by atoms with Gasteiger partial charge in [0.1, 0.15) is 5.75 Å². The summed E-state index contributed by atoms with van der Waals surface area (Å²) in [5.41, 5.74) is 2.02. The summed E-state index contributed by atoms with van der Waals surface area (Å²) >= 11 is 1.57. The normalized spacial score (nSPS) is 10.6. The standard InChI is InChI=1S/C18H20N2O3S/c1-4-23-16-11-14(18(22)20(2)3)6-7-15(16)19-17(21)8-5-13-9-10-24-12-13/h5-12H,4H2,1-3H3,(H,19,21). The molecule has 0 bridgehead atoms. The van der Waals surface area contributed by atoms with Crippen LogP contribution >= 0.6 is 11.3 Å². The highest BCUT2D eigenvalue weighted by molar-refractivity contribution is 7.08. The molecule has 0 aliphatic carbocycles. The fourth-order valence-corrected chi connectivity index (χ4v) is 2.64. The van der Waals surface area contributed by atoms with Crippen LogP contribution in [0.5, 0.6) is 5.75 Å². The Kier molecular flexibility index (Phi) is 6.14. The summed E-state index contributed by atoms with van der Waals surface area (Å²) in [6.07, 6.45) is 3.22. The van der Waals surface area contributed by atoms with Gasteiger partial charge in [-0.25, -0.2) is 0 Å². The van der Waals surface area contributed by atoms with Crippen LogP contribution in [-0.4, -0.2) is 37.4 Å². The van der Waals surface area contributed by atoms with Crippen molar-refractivity contribution in [1.29, 1.82) is 0 Å². The molecule has 6 heteroatoms. The van der Waals surface area contributed by atoms with E-state index in [4.69, 9.17) is 4.74 Å². The maximum atomic E-state index is 12.1. The molecule has 1 aromatic carbocycles. The number of carbonyl (C=O) groups excluding carboxylic acids is 2. The molecule has 0 aliphatic heterocycles. The first kappa shape index (κ1) is 17.7. The lowest BCUT2D eigenvalue weighted by molar-refractivity contribution is -0.111. The van der Waals surface area contributed by atoms with Crippen LogP contribution in [0.15, 0.2) is 41.1 Å². The van der Waals surface area contributed by atoms with Crippen LogP contribution in [0.2, 0.25) is 0 Å². The number of carbonyl (C=O) groups is 2. The van der Waals surface area contributed by atoms with E-state index in [2.05, 4.69) is 5.32 Å². The quantitative estimate of drug-likeness (QED) is 0.816. The number of nitrogens with zero attached hydrogens (tertiary/aromatic N) is 1. The van der Waals surface area contributed by atoms with E-state index in [1.54, 1.807) is 49.7 Å². The smallest absolute Gasteiger partial charge is 0.253 e. The van der Waals surface area contributed by atoms with Gasteiger partial charge in [0, 0.05) is 25.7 Å². The van der Waals surface area contributed by atoms with Crippen LogP contribution < -0.4 is 10.1 Å². The monoisotopic (exact) mass is 344 g/mol. The molecule has 2 aromatic rings. The van der Waals surface area contributed by atoms with Crippen LogP contribution in [0.25, 0.3) is 6.08 Å². The summed E-state index contributed by atoms with van der Waals surface area (Å²) < 4.78 is 5.55. The van der Waals surface area contributed by atoms with Crippen LogP contribution in [0.4, 0.5) is 5.69 Å². The Morgan fingerprint density at radius 3 is 2.71 bits per heavy atom. The van der Waals surface area contributed by atoms with Crippen molar-refractivity contribution < 1.29 is 14.3 Å². The van der Waals surface area contributed by atoms with E-state index < -0.39 is 0 Å². The number of hydrogen-bond acceptors (Lipinski definition) is 4. The van der Waals surface area contributed by atoms with Crippen LogP contribution in [0.3, 0.4) is 0 Å². The van der Waals surface area contributed by atoms with Gasteiger partial charge < -0.3 is 15.0 Å². The second kappa shape index (κ2) is 8.31. The highest BCUT2D eigenvalue weighted by Gasteiger charge is 2.13. The molecule has 0 atom stereocenters. The number of thiophene rings is 1. The Hall–Kier alpha value is -2.60. The fourth-order valence-electron chi connectivity index (χ4n) is 2.01. The fraction of sp³-hybridized carbons (Fsp3) is 0.222. The van der Waals surface area contributed by atoms with Gasteiger partial charge in [0.2, 0.25) is 5.91 Å². The molecule has 0 aliphatic rings. The number of rotatable bonds is 6. The first-order chi connectivity index (χ1) is 11.5. The molecule has 0 saturated carbocycles. The van der Waals surface area contributed by atoms with Gasteiger partial charge >= 0.3 is 0 Å². The molecular weight excluding hydrogens is 324 g/mol. The van der Waals surface area contributed by atoms with Gasteiger partial charge in [-0.1, -0.05) is 0 Å². The van der Waals surface area contributed by atoms with Crippen molar-refractivity contribution >= 4 is 34.9 Å². The van der Waals surface area contributed by atoms with Gasteiger partial charge in [-0.15, -0.1) is 0 Å². The molecule has 5 nitrogen and oxygen atoms in total. The molecule has 1 N–H and O–H groups in total. The zero-order chi connectivity index (χ0) is 17.5. The number of hydrogen-bond donors (Lipinski definition) is 1. The number of benzene rings is 1. The zero-order valence-corrected chi connectivity index (χ0v) is 14.7. The summed E-state index contributed by atoms with van der Waals surface area (Å²) in [6, 6.07) is 6.92. The molecule has 2 rings (SSSR count). The average molecular weight is 344 g/mol. The number of nitrogens with one attached hydrogen (secondary N) is 1. The topological polar surface area (TPSA) is 58.6 Å². The van der Waals surface area contributed by atoms with E-state index in [0.29, 0.717) is 23.6 Å². The van der Waals surface area contributed by atoms with Gasteiger partial charge in [-0.3, -0.25) is 9.59 Å². The minimum atomic E-state index is -0.256. The van der Waals surface area contributed by atoms with Crippen molar-refractivity contribution in [3.63, 3.8) is 0 Å².